The van der Waals surface area contributed by atoms with Gasteiger partial charge >= 0.3 is 0 Å². The van der Waals surface area contributed by atoms with E-state index in [9.17, 15) is 9.59 Å². The maximum atomic E-state index is 12.3. The van der Waals surface area contributed by atoms with E-state index < -0.39 is 5.91 Å². The Morgan fingerprint density at radius 1 is 1.35 bits per heavy atom. The second-order valence-electron chi connectivity index (χ2n) is 4.60. The molecule has 6 nitrogen and oxygen atoms in total. The van der Waals surface area contributed by atoms with Gasteiger partial charge in [-0.15, -0.1) is 0 Å². The molecule has 0 radical (unpaired) electrons. The molecule has 7 heteroatoms. The summed E-state index contributed by atoms with van der Waals surface area (Å²) in [4.78, 5) is 27.9. The van der Waals surface area contributed by atoms with Crippen molar-refractivity contribution < 1.29 is 9.21 Å². The van der Waals surface area contributed by atoms with Crippen molar-refractivity contribution in [3.05, 3.63) is 75.4 Å². The van der Waals surface area contributed by atoms with Crippen molar-refractivity contribution in [1.82, 2.24) is 10.4 Å². The first-order chi connectivity index (χ1) is 11.1. The fourth-order valence-electron chi connectivity index (χ4n) is 1.93. The van der Waals surface area contributed by atoms with Crippen LogP contribution in [0.15, 0.2) is 63.3 Å². The number of pyridine rings is 1. The van der Waals surface area contributed by atoms with E-state index in [0.29, 0.717) is 21.6 Å². The van der Waals surface area contributed by atoms with Gasteiger partial charge in [-0.1, -0.05) is 11.6 Å². The lowest BCUT2D eigenvalue weighted by atomic mass is 10.2. The summed E-state index contributed by atoms with van der Waals surface area (Å²) in [7, 11) is 0. The van der Waals surface area contributed by atoms with Crippen molar-refractivity contribution in [2.75, 3.05) is 0 Å². The van der Waals surface area contributed by atoms with Crippen LogP contribution in [0.1, 0.15) is 15.9 Å². The minimum absolute atomic E-state index is 0.200. The summed E-state index contributed by atoms with van der Waals surface area (Å²) in [6.07, 6.45) is 5.47. The van der Waals surface area contributed by atoms with Crippen molar-refractivity contribution in [1.29, 1.82) is 0 Å². The van der Waals surface area contributed by atoms with E-state index in [-0.39, 0.29) is 11.0 Å². The Morgan fingerprint density at radius 3 is 3.00 bits per heavy atom. The third-order valence-corrected chi connectivity index (χ3v) is 3.29. The van der Waals surface area contributed by atoms with Crippen LogP contribution in [0.5, 0.6) is 0 Å². The normalized spacial score (nSPS) is 11.0. The number of halogens is 1. The summed E-state index contributed by atoms with van der Waals surface area (Å²) < 4.78 is 5.35. The monoisotopic (exact) mass is 327 g/mol. The van der Waals surface area contributed by atoms with Crippen LogP contribution < -0.4 is 10.9 Å². The van der Waals surface area contributed by atoms with Gasteiger partial charge in [0, 0.05) is 17.4 Å². The van der Waals surface area contributed by atoms with Gasteiger partial charge in [-0.2, -0.15) is 5.10 Å². The number of hydrogen-bond donors (Lipinski definition) is 1. The van der Waals surface area contributed by atoms with Gasteiger partial charge in [0.05, 0.1) is 22.7 Å². The molecular weight excluding hydrogens is 318 g/mol. The number of hydrogen-bond acceptors (Lipinski definition) is 5. The number of carbonyl (C=O) groups excluding carboxylic acids is 1. The Hall–Kier alpha value is -2.99. The van der Waals surface area contributed by atoms with E-state index in [2.05, 4.69) is 15.5 Å². The van der Waals surface area contributed by atoms with E-state index in [1.165, 1.54) is 24.7 Å². The third kappa shape index (κ3) is 3.27. The maximum Gasteiger partial charge on any atom is 0.272 e. The summed E-state index contributed by atoms with van der Waals surface area (Å²) in [5, 5.41) is 4.54. The Kier molecular flexibility index (Phi) is 4.16. The average molecular weight is 328 g/mol. The number of aromatic nitrogens is 1. The quantitative estimate of drug-likeness (QED) is 0.592. The molecule has 3 aromatic rings. The first-order valence-electron chi connectivity index (χ1n) is 6.59. The van der Waals surface area contributed by atoms with Gasteiger partial charge in [-0.25, -0.2) is 5.43 Å². The number of fused-ring (bicyclic) bond motifs is 1. The second kappa shape index (κ2) is 6.41. The third-order valence-electron chi connectivity index (χ3n) is 3.05. The van der Waals surface area contributed by atoms with Crippen LogP contribution in [-0.4, -0.2) is 17.1 Å². The van der Waals surface area contributed by atoms with Crippen LogP contribution in [0, 0.1) is 0 Å². The molecule has 0 aliphatic carbocycles. The van der Waals surface area contributed by atoms with Gasteiger partial charge in [0.15, 0.2) is 0 Å². The largest absolute Gasteiger partial charge is 0.463 e. The van der Waals surface area contributed by atoms with Crippen molar-refractivity contribution in [3.8, 4) is 0 Å². The van der Waals surface area contributed by atoms with E-state index >= 15 is 0 Å². The number of nitrogens with one attached hydrogen (secondary N) is 1. The minimum Gasteiger partial charge on any atom is -0.463 e. The molecule has 0 unspecified atom stereocenters. The zero-order chi connectivity index (χ0) is 16.2. The lowest BCUT2D eigenvalue weighted by molar-refractivity contribution is 0.0955. The van der Waals surface area contributed by atoms with Gasteiger partial charge in [0.25, 0.3) is 5.91 Å². The van der Waals surface area contributed by atoms with Crippen LogP contribution in [0.2, 0.25) is 5.02 Å². The molecule has 0 atom stereocenters. The van der Waals surface area contributed by atoms with Gasteiger partial charge in [0.2, 0.25) is 5.43 Å². The number of hydrazone groups is 1. The summed E-state index contributed by atoms with van der Waals surface area (Å²) in [5.74, 6) is -0.428. The van der Waals surface area contributed by atoms with Crippen LogP contribution in [0.3, 0.4) is 0 Å². The lowest BCUT2D eigenvalue weighted by Gasteiger charge is -2.00. The molecule has 3 rings (SSSR count). The predicted molar refractivity (Wildman–Crippen MR) is 86.8 cm³/mol. The Bertz CT molecular complexity index is 952. The fraction of sp³-hybridized carbons (Fsp3) is 0. The second-order valence-corrected chi connectivity index (χ2v) is 5.04. The van der Waals surface area contributed by atoms with Gasteiger partial charge < -0.3 is 4.42 Å². The Labute approximate surface area is 135 Å². The topological polar surface area (TPSA) is 84.6 Å². The molecule has 0 fully saturated rings. The summed E-state index contributed by atoms with van der Waals surface area (Å²) in [5.41, 5.74) is 3.02. The molecule has 0 saturated heterocycles. The van der Waals surface area contributed by atoms with E-state index in [4.69, 9.17) is 16.0 Å². The first kappa shape index (κ1) is 14.9. The smallest absolute Gasteiger partial charge is 0.272 e. The molecule has 2 heterocycles. The average Bonchev–Trinajstić information content (AvgIpc) is 2.58. The molecular formula is C16H10ClN3O3. The number of carbonyl (C=O) groups is 1. The van der Waals surface area contributed by atoms with Gasteiger partial charge in [-0.05, 0) is 30.3 Å². The highest BCUT2D eigenvalue weighted by atomic mass is 35.5. The van der Waals surface area contributed by atoms with E-state index in [0.717, 1.165) is 0 Å². The highest BCUT2D eigenvalue weighted by molar-refractivity contribution is 6.31. The van der Waals surface area contributed by atoms with Crippen molar-refractivity contribution in [2.45, 2.75) is 0 Å². The minimum atomic E-state index is -0.428. The fourth-order valence-corrected chi connectivity index (χ4v) is 2.10. The van der Waals surface area contributed by atoms with Gasteiger partial charge in [0.1, 0.15) is 11.8 Å². The van der Waals surface area contributed by atoms with Crippen LogP contribution in [0.25, 0.3) is 11.0 Å². The standard InChI is InChI=1S/C16H10ClN3O3/c17-12-3-4-14-13(6-12)15(21)11(9-23-14)8-19-20-16(22)10-2-1-5-18-7-10/h1-9H,(H,20,22)/b19-8+. The summed E-state index contributed by atoms with van der Waals surface area (Å²) >= 11 is 5.88. The van der Waals surface area contributed by atoms with E-state index in [1.54, 1.807) is 30.5 Å². The molecule has 1 aromatic carbocycles. The summed E-state index contributed by atoms with van der Waals surface area (Å²) in [6.45, 7) is 0. The molecule has 0 aliphatic rings. The molecule has 0 saturated carbocycles. The van der Waals surface area contributed by atoms with Crippen LogP contribution >= 0.6 is 11.6 Å². The zero-order valence-corrected chi connectivity index (χ0v) is 12.4. The zero-order valence-electron chi connectivity index (χ0n) is 11.7. The van der Waals surface area contributed by atoms with Crippen molar-refractivity contribution in [2.24, 2.45) is 5.10 Å². The molecule has 1 amide bonds. The number of amides is 1. The molecule has 0 bridgehead atoms. The number of rotatable bonds is 3. The van der Waals surface area contributed by atoms with Crippen molar-refractivity contribution >= 4 is 34.7 Å². The van der Waals surface area contributed by atoms with Crippen molar-refractivity contribution in [3.63, 3.8) is 0 Å². The van der Waals surface area contributed by atoms with Gasteiger partial charge in [-0.3, -0.25) is 14.6 Å². The highest BCUT2D eigenvalue weighted by Crippen LogP contribution is 2.16. The van der Waals surface area contributed by atoms with Crippen LogP contribution in [-0.2, 0) is 0 Å². The predicted octanol–water partition coefficient (Wildman–Crippen LogP) is 2.61. The summed E-state index contributed by atoms with van der Waals surface area (Å²) in [6, 6.07) is 8.01. The molecule has 0 spiro atoms. The number of nitrogens with zero attached hydrogens (tertiary/aromatic N) is 2. The Morgan fingerprint density at radius 2 is 2.22 bits per heavy atom. The molecule has 23 heavy (non-hydrogen) atoms. The molecule has 2 aromatic heterocycles. The lowest BCUT2D eigenvalue weighted by Crippen LogP contribution is -2.18. The molecule has 0 aliphatic heterocycles. The molecule has 1 N–H and O–H groups in total. The molecule has 114 valence electrons. The Balaban J connectivity index is 1.83. The van der Waals surface area contributed by atoms with E-state index in [1.807, 2.05) is 0 Å². The SMILES string of the molecule is O=C(N/N=C/c1coc2ccc(Cl)cc2c1=O)c1cccnc1. The first-order valence-corrected chi connectivity index (χ1v) is 6.97. The maximum absolute atomic E-state index is 12.3. The highest BCUT2D eigenvalue weighted by Gasteiger charge is 2.07. The number of benzene rings is 1. The van der Waals surface area contributed by atoms with Crippen LogP contribution in [0.4, 0.5) is 0 Å².